The lowest BCUT2D eigenvalue weighted by Gasteiger charge is -2.21. The Labute approximate surface area is 120 Å². The Hall–Kier alpha value is -1.21. The number of fused-ring (bicyclic) bond motifs is 1. The fraction of sp³-hybridized carbons (Fsp3) is 0.500. The normalized spacial score (nSPS) is 19.5. The standard InChI is InChI=1S/C10H13ClN7OP/c1-16-6-12-7-8(13-10(11)14-9(7)16)15-20(19,17-2-3-17)18-4-5-18/h6H,2-5H2,1H3,(H,13,14,15,19). The summed E-state index contributed by atoms with van der Waals surface area (Å²) in [5, 5.41) is 3.19. The van der Waals surface area contributed by atoms with Gasteiger partial charge in [0.25, 0.3) is 0 Å². The molecule has 2 aliphatic rings. The third-order valence-electron chi connectivity index (χ3n) is 3.40. The van der Waals surface area contributed by atoms with Crippen LogP contribution in [-0.2, 0) is 11.6 Å². The SMILES string of the molecule is Cn1cnc2c(NP(=O)(N3CC3)N3CC3)nc(Cl)nc21. The molecule has 4 rings (SSSR count). The number of rotatable bonds is 4. The zero-order valence-electron chi connectivity index (χ0n) is 10.8. The summed E-state index contributed by atoms with van der Waals surface area (Å²) in [6.45, 7) is 3.35. The first kappa shape index (κ1) is 12.5. The number of aromatic nitrogens is 4. The van der Waals surface area contributed by atoms with Crippen molar-refractivity contribution in [3.8, 4) is 0 Å². The molecule has 0 amide bonds. The second-order valence-electron chi connectivity index (χ2n) is 4.93. The molecule has 1 N–H and O–H groups in total. The molecule has 0 aromatic carbocycles. The summed E-state index contributed by atoms with van der Waals surface area (Å²) in [6.07, 6.45) is 1.64. The minimum atomic E-state index is -2.76. The van der Waals surface area contributed by atoms with Crippen LogP contribution in [0.25, 0.3) is 11.2 Å². The molecule has 0 aliphatic carbocycles. The van der Waals surface area contributed by atoms with Crippen LogP contribution >= 0.6 is 19.2 Å². The Morgan fingerprint density at radius 1 is 1.25 bits per heavy atom. The highest BCUT2D eigenvalue weighted by atomic mass is 35.5. The first-order chi connectivity index (χ1) is 9.58. The largest absolute Gasteiger partial charge is 0.318 e. The van der Waals surface area contributed by atoms with Crippen molar-refractivity contribution < 1.29 is 4.57 Å². The average Bonchev–Trinajstić information content (AvgIpc) is 3.27. The Kier molecular flexibility index (Phi) is 2.59. The van der Waals surface area contributed by atoms with Gasteiger partial charge in [-0.1, -0.05) is 0 Å². The van der Waals surface area contributed by atoms with Crippen molar-refractivity contribution in [3.63, 3.8) is 0 Å². The van der Waals surface area contributed by atoms with E-state index >= 15 is 0 Å². The second-order valence-corrected chi connectivity index (χ2v) is 7.71. The number of anilines is 1. The first-order valence-corrected chi connectivity index (χ1v) is 8.31. The van der Waals surface area contributed by atoms with Crippen molar-refractivity contribution in [2.45, 2.75) is 0 Å². The fourth-order valence-corrected chi connectivity index (χ4v) is 4.65. The molecule has 0 atom stereocenters. The molecule has 20 heavy (non-hydrogen) atoms. The number of halogens is 1. The van der Waals surface area contributed by atoms with Crippen LogP contribution in [0.15, 0.2) is 6.33 Å². The van der Waals surface area contributed by atoms with Crippen molar-refractivity contribution in [1.82, 2.24) is 28.9 Å². The highest BCUT2D eigenvalue weighted by Crippen LogP contribution is 2.59. The topological polar surface area (TPSA) is 78.7 Å². The van der Waals surface area contributed by atoms with Crippen LogP contribution in [0, 0.1) is 0 Å². The van der Waals surface area contributed by atoms with E-state index in [4.69, 9.17) is 11.6 Å². The summed E-state index contributed by atoms with van der Waals surface area (Å²) in [5.41, 5.74) is 1.21. The van der Waals surface area contributed by atoms with Gasteiger partial charge in [0.1, 0.15) is 0 Å². The summed E-state index contributed by atoms with van der Waals surface area (Å²) in [4.78, 5) is 12.6. The van der Waals surface area contributed by atoms with Gasteiger partial charge in [-0.25, -0.2) is 14.3 Å². The van der Waals surface area contributed by atoms with E-state index in [1.165, 1.54) is 0 Å². The van der Waals surface area contributed by atoms with E-state index in [2.05, 4.69) is 20.0 Å². The number of aryl methyl sites for hydroxylation is 1. The van der Waals surface area contributed by atoms with Gasteiger partial charge in [-0.3, -0.25) is 9.65 Å². The van der Waals surface area contributed by atoms with Crippen LogP contribution in [0.3, 0.4) is 0 Å². The average molecular weight is 314 g/mol. The van der Waals surface area contributed by atoms with Gasteiger partial charge in [-0.15, -0.1) is 0 Å². The molecule has 2 saturated heterocycles. The summed E-state index contributed by atoms with van der Waals surface area (Å²) >= 11 is 5.95. The van der Waals surface area contributed by atoms with E-state index in [0.29, 0.717) is 17.0 Å². The Balaban J connectivity index is 1.80. The first-order valence-electron chi connectivity index (χ1n) is 6.32. The molecule has 4 heterocycles. The van der Waals surface area contributed by atoms with Crippen molar-refractivity contribution in [1.29, 1.82) is 0 Å². The minimum Gasteiger partial charge on any atom is -0.318 e. The van der Waals surface area contributed by atoms with Gasteiger partial charge in [0.2, 0.25) is 5.28 Å². The Bertz CT molecular complexity index is 723. The molecule has 0 radical (unpaired) electrons. The Morgan fingerprint density at radius 2 is 1.90 bits per heavy atom. The molecule has 2 aliphatic heterocycles. The zero-order chi connectivity index (χ0) is 13.9. The highest BCUT2D eigenvalue weighted by molar-refractivity contribution is 7.61. The molecule has 10 heteroatoms. The van der Waals surface area contributed by atoms with Gasteiger partial charge in [0.05, 0.1) is 6.33 Å². The molecular formula is C10H13ClN7OP. The van der Waals surface area contributed by atoms with E-state index < -0.39 is 7.59 Å². The van der Waals surface area contributed by atoms with Crippen LogP contribution in [0.5, 0.6) is 0 Å². The van der Waals surface area contributed by atoms with Gasteiger partial charge >= 0.3 is 7.59 Å². The summed E-state index contributed by atoms with van der Waals surface area (Å²) < 4.78 is 18.7. The van der Waals surface area contributed by atoms with Gasteiger partial charge in [0, 0.05) is 33.2 Å². The molecule has 0 spiro atoms. The monoisotopic (exact) mass is 313 g/mol. The van der Waals surface area contributed by atoms with Gasteiger partial charge in [0.15, 0.2) is 17.0 Å². The van der Waals surface area contributed by atoms with Crippen LogP contribution in [0.1, 0.15) is 0 Å². The molecule has 8 nitrogen and oxygen atoms in total. The van der Waals surface area contributed by atoms with Crippen molar-refractivity contribution in [3.05, 3.63) is 11.6 Å². The summed E-state index contributed by atoms with van der Waals surface area (Å²) in [5.74, 6) is 0.433. The third-order valence-corrected chi connectivity index (χ3v) is 6.40. The van der Waals surface area contributed by atoms with Crippen molar-refractivity contribution in [2.75, 3.05) is 31.3 Å². The fourth-order valence-electron chi connectivity index (χ4n) is 2.15. The van der Waals surface area contributed by atoms with Crippen LogP contribution in [-0.4, -0.2) is 55.0 Å². The van der Waals surface area contributed by atoms with Crippen molar-refractivity contribution in [2.24, 2.45) is 7.05 Å². The molecule has 106 valence electrons. The molecule has 0 unspecified atom stereocenters. The molecule has 2 aromatic rings. The minimum absolute atomic E-state index is 0.117. The Morgan fingerprint density at radius 3 is 2.50 bits per heavy atom. The van der Waals surface area contributed by atoms with Crippen LogP contribution < -0.4 is 5.09 Å². The lowest BCUT2D eigenvalue weighted by atomic mass is 10.5. The lowest BCUT2D eigenvalue weighted by molar-refractivity contribution is 0.524. The highest BCUT2D eigenvalue weighted by Gasteiger charge is 2.48. The number of hydrogen-bond acceptors (Lipinski definition) is 4. The van der Waals surface area contributed by atoms with E-state index in [-0.39, 0.29) is 5.28 Å². The summed E-state index contributed by atoms with van der Waals surface area (Å²) in [6, 6.07) is 0. The number of hydrogen-bond donors (Lipinski definition) is 1. The molecule has 2 aromatic heterocycles. The quantitative estimate of drug-likeness (QED) is 0.515. The molecule has 0 bridgehead atoms. The number of nitrogens with zero attached hydrogens (tertiary/aromatic N) is 6. The smallest absolute Gasteiger partial charge is 0.309 e. The maximum atomic E-state index is 13.1. The van der Waals surface area contributed by atoms with Gasteiger partial charge < -0.3 is 4.57 Å². The van der Waals surface area contributed by atoms with E-state index in [9.17, 15) is 4.57 Å². The molecule has 0 saturated carbocycles. The van der Waals surface area contributed by atoms with Crippen LogP contribution in [0.2, 0.25) is 5.28 Å². The lowest BCUT2D eigenvalue weighted by Crippen LogP contribution is -2.14. The molecular weight excluding hydrogens is 301 g/mol. The summed E-state index contributed by atoms with van der Waals surface area (Å²) in [7, 11) is -0.929. The number of imidazole rings is 1. The second kappa shape index (κ2) is 4.14. The maximum absolute atomic E-state index is 13.1. The predicted molar refractivity (Wildman–Crippen MR) is 75.7 cm³/mol. The van der Waals surface area contributed by atoms with E-state index in [1.54, 1.807) is 10.9 Å². The van der Waals surface area contributed by atoms with Crippen molar-refractivity contribution >= 4 is 36.2 Å². The predicted octanol–water partition coefficient (Wildman–Crippen LogP) is 1.17. The van der Waals surface area contributed by atoms with Gasteiger partial charge in [-0.05, 0) is 11.6 Å². The van der Waals surface area contributed by atoms with E-state index in [0.717, 1.165) is 26.2 Å². The zero-order valence-corrected chi connectivity index (χ0v) is 12.5. The third kappa shape index (κ3) is 1.91. The maximum Gasteiger partial charge on any atom is 0.309 e. The van der Waals surface area contributed by atoms with E-state index in [1.807, 2.05) is 16.4 Å². The number of nitrogens with one attached hydrogen (secondary N) is 1. The van der Waals surface area contributed by atoms with Crippen LogP contribution in [0.4, 0.5) is 5.82 Å². The molecule has 2 fully saturated rings. The van der Waals surface area contributed by atoms with Gasteiger partial charge in [-0.2, -0.15) is 9.97 Å².